The number of unbranched alkanes of at least 4 members (excludes halogenated alkanes) is 1. The van der Waals surface area contributed by atoms with Crippen molar-refractivity contribution in [2.75, 3.05) is 13.2 Å². The first-order valence-electron chi connectivity index (χ1n) is 5.37. The molecule has 0 radical (unpaired) electrons. The molecule has 82 valence electrons. The van der Waals surface area contributed by atoms with E-state index in [1.54, 1.807) is 0 Å². The lowest BCUT2D eigenvalue weighted by Gasteiger charge is -2.27. The van der Waals surface area contributed by atoms with Crippen molar-refractivity contribution in [1.29, 1.82) is 0 Å². The average molecular weight is 263 g/mol. The Morgan fingerprint density at radius 3 is 3.07 bits per heavy atom. The van der Waals surface area contributed by atoms with Crippen molar-refractivity contribution in [2.24, 2.45) is 0 Å². The van der Waals surface area contributed by atoms with E-state index in [1.165, 1.54) is 6.42 Å². The molecule has 0 N–H and O–H groups in total. The number of allylic oxidation sites excluding steroid dienone is 1. The zero-order valence-electron chi connectivity index (χ0n) is 8.75. The minimum Gasteiger partial charge on any atom is -0.351 e. The summed E-state index contributed by atoms with van der Waals surface area (Å²) in [4.78, 5) is 0.357. The van der Waals surface area contributed by atoms with Crippen LogP contribution in [0.15, 0.2) is 12.2 Å². The highest BCUT2D eigenvalue weighted by Gasteiger charge is 2.23. The Balaban J connectivity index is 2.10. The van der Waals surface area contributed by atoms with Gasteiger partial charge in [0.25, 0.3) is 0 Å². The number of ether oxygens (including phenoxy) is 2. The first kappa shape index (κ1) is 12.2. The van der Waals surface area contributed by atoms with Crippen LogP contribution in [-0.2, 0) is 9.47 Å². The molecule has 0 saturated carbocycles. The van der Waals surface area contributed by atoms with E-state index in [4.69, 9.17) is 9.47 Å². The van der Waals surface area contributed by atoms with Crippen molar-refractivity contribution in [3.63, 3.8) is 0 Å². The molecule has 0 aromatic rings. The van der Waals surface area contributed by atoms with Gasteiger partial charge in [-0.25, -0.2) is 0 Å². The summed E-state index contributed by atoms with van der Waals surface area (Å²) >= 11 is 3.56. The monoisotopic (exact) mass is 262 g/mol. The van der Waals surface area contributed by atoms with Crippen LogP contribution in [0.3, 0.4) is 0 Å². The zero-order chi connectivity index (χ0) is 10.2. The van der Waals surface area contributed by atoms with Gasteiger partial charge in [-0.1, -0.05) is 41.4 Å². The smallest absolute Gasteiger partial charge is 0.170 e. The quantitative estimate of drug-likeness (QED) is 0.560. The Morgan fingerprint density at radius 1 is 1.50 bits per heavy atom. The van der Waals surface area contributed by atoms with E-state index >= 15 is 0 Å². The second kappa shape index (κ2) is 7.43. The lowest BCUT2D eigenvalue weighted by atomic mass is 10.2. The van der Waals surface area contributed by atoms with Gasteiger partial charge in [0.1, 0.15) is 0 Å². The summed E-state index contributed by atoms with van der Waals surface area (Å²) in [5.41, 5.74) is 0. The molecule has 0 aliphatic carbocycles. The van der Waals surface area contributed by atoms with Crippen LogP contribution in [0.5, 0.6) is 0 Å². The Labute approximate surface area is 94.8 Å². The second-order valence-electron chi connectivity index (χ2n) is 3.49. The molecule has 1 heterocycles. The van der Waals surface area contributed by atoms with Crippen molar-refractivity contribution in [2.45, 2.75) is 43.7 Å². The van der Waals surface area contributed by atoms with Crippen LogP contribution in [-0.4, -0.2) is 24.3 Å². The van der Waals surface area contributed by atoms with Crippen LogP contribution in [0, 0.1) is 0 Å². The number of hydrogen-bond acceptors (Lipinski definition) is 2. The number of halogens is 1. The maximum atomic E-state index is 5.59. The molecule has 1 aliphatic heterocycles. The van der Waals surface area contributed by atoms with Crippen molar-refractivity contribution in [3.8, 4) is 0 Å². The minimum absolute atomic E-state index is 0.0602. The molecule has 0 aromatic carbocycles. The normalized spacial score (nSPS) is 28.4. The van der Waals surface area contributed by atoms with Gasteiger partial charge in [-0.05, 0) is 19.3 Å². The Hall–Kier alpha value is 0.140. The van der Waals surface area contributed by atoms with E-state index in [0.717, 1.165) is 25.9 Å². The lowest BCUT2D eigenvalue weighted by Crippen LogP contribution is -2.32. The molecule has 2 unspecified atom stereocenters. The summed E-state index contributed by atoms with van der Waals surface area (Å²) in [7, 11) is 0. The molecule has 1 fully saturated rings. The molecule has 0 amide bonds. The maximum Gasteiger partial charge on any atom is 0.170 e. The fourth-order valence-corrected chi connectivity index (χ4v) is 2.00. The summed E-state index contributed by atoms with van der Waals surface area (Å²) in [6.45, 7) is 3.65. The van der Waals surface area contributed by atoms with Crippen molar-refractivity contribution < 1.29 is 9.47 Å². The molecular weight excluding hydrogens is 244 g/mol. The van der Waals surface area contributed by atoms with Gasteiger partial charge < -0.3 is 9.47 Å². The lowest BCUT2D eigenvalue weighted by molar-refractivity contribution is -0.149. The molecule has 1 saturated heterocycles. The van der Waals surface area contributed by atoms with Gasteiger partial charge in [0, 0.05) is 6.61 Å². The summed E-state index contributed by atoms with van der Waals surface area (Å²) in [5, 5.41) is 0. The van der Waals surface area contributed by atoms with Crippen LogP contribution in [0.4, 0.5) is 0 Å². The Morgan fingerprint density at radius 2 is 2.36 bits per heavy atom. The van der Waals surface area contributed by atoms with E-state index in [9.17, 15) is 0 Å². The van der Waals surface area contributed by atoms with Crippen molar-refractivity contribution in [1.82, 2.24) is 0 Å². The van der Waals surface area contributed by atoms with Gasteiger partial charge in [-0.3, -0.25) is 0 Å². The molecule has 1 rings (SSSR count). The fraction of sp³-hybridized carbons (Fsp3) is 0.818. The summed E-state index contributed by atoms with van der Waals surface area (Å²) in [6, 6.07) is 0. The number of rotatable bonds is 5. The molecular formula is C11H19BrO2. The third-order valence-electron chi connectivity index (χ3n) is 2.18. The van der Waals surface area contributed by atoms with E-state index in [-0.39, 0.29) is 6.29 Å². The fourth-order valence-electron chi connectivity index (χ4n) is 1.37. The van der Waals surface area contributed by atoms with Gasteiger partial charge in [0.2, 0.25) is 0 Å². The SMILES string of the molecule is CCC/C=C/COC1OCCCC1Br. The highest BCUT2D eigenvalue weighted by atomic mass is 79.9. The highest BCUT2D eigenvalue weighted by Crippen LogP contribution is 2.21. The van der Waals surface area contributed by atoms with Gasteiger partial charge in [0.05, 0.1) is 11.4 Å². The van der Waals surface area contributed by atoms with Crippen molar-refractivity contribution in [3.05, 3.63) is 12.2 Å². The van der Waals surface area contributed by atoms with Gasteiger partial charge >= 0.3 is 0 Å². The van der Waals surface area contributed by atoms with E-state index in [0.29, 0.717) is 11.4 Å². The van der Waals surface area contributed by atoms with Crippen LogP contribution < -0.4 is 0 Å². The minimum atomic E-state index is -0.0602. The molecule has 0 spiro atoms. The largest absolute Gasteiger partial charge is 0.351 e. The second-order valence-corrected chi connectivity index (χ2v) is 4.67. The van der Waals surface area contributed by atoms with E-state index < -0.39 is 0 Å². The summed E-state index contributed by atoms with van der Waals surface area (Å²) in [5.74, 6) is 0. The third kappa shape index (κ3) is 4.58. The van der Waals surface area contributed by atoms with E-state index in [1.807, 2.05) is 0 Å². The molecule has 3 heteroatoms. The summed E-state index contributed by atoms with van der Waals surface area (Å²) < 4.78 is 11.1. The van der Waals surface area contributed by atoms with Crippen LogP contribution in [0.25, 0.3) is 0 Å². The number of alkyl halides is 1. The molecule has 1 aliphatic rings. The standard InChI is InChI=1S/C11H19BrO2/c1-2-3-4-5-8-13-11-10(12)7-6-9-14-11/h4-5,10-11H,2-3,6-9H2,1H3/b5-4+. The van der Waals surface area contributed by atoms with Crippen LogP contribution in [0.1, 0.15) is 32.6 Å². The molecule has 0 aromatic heterocycles. The molecule has 14 heavy (non-hydrogen) atoms. The Bertz CT molecular complexity index is 171. The van der Waals surface area contributed by atoms with Gasteiger partial charge in [0.15, 0.2) is 6.29 Å². The molecule has 2 atom stereocenters. The van der Waals surface area contributed by atoms with Gasteiger partial charge in [-0.15, -0.1) is 0 Å². The Kier molecular flexibility index (Phi) is 6.48. The molecule has 0 bridgehead atoms. The highest BCUT2D eigenvalue weighted by molar-refractivity contribution is 9.09. The predicted molar refractivity (Wildman–Crippen MR) is 61.7 cm³/mol. The zero-order valence-corrected chi connectivity index (χ0v) is 10.3. The topological polar surface area (TPSA) is 18.5 Å². The third-order valence-corrected chi connectivity index (χ3v) is 3.07. The van der Waals surface area contributed by atoms with Gasteiger partial charge in [-0.2, -0.15) is 0 Å². The maximum absolute atomic E-state index is 5.59. The summed E-state index contributed by atoms with van der Waals surface area (Å²) in [6.07, 6.45) is 8.76. The number of hydrogen-bond donors (Lipinski definition) is 0. The molecule has 2 nitrogen and oxygen atoms in total. The average Bonchev–Trinajstić information content (AvgIpc) is 2.20. The van der Waals surface area contributed by atoms with Crippen molar-refractivity contribution >= 4 is 15.9 Å². The first-order chi connectivity index (χ1) is 6.84. The predicted octanol–water partition coefficient (Wildman–Crippen LogP) is 3.26. The first-order valence-corrected chi connectivity index (χ1v) is 6.28. The van der Waals surface area contributed by atoms with E-state index in [2.05, 4.69) is 35.0 Å². The van der Waals surface area contributed by atoms with Crippen LogP contribution >= 0.6 is 15.9 Å². The van der Waals surface area contributed by atoms with Crippen LogP contribution in [0.2, 0.25) is 0 Å².